The SMILES string of the molecule is O=C(N1CC2C[C@@H]1CO2)C1(c2ccc3[nH]cnc3n2)CCCN[C@H]1c1ccnc(C2CC2)n1. The van der Waals surface area contributed by atoms with Crippen molar-refractivity contribution in [1.29, 1.82) is 0 Å². The van der Waals surface area contributed by atoms with Crippen LogP contribution in [0.2, 0.25) is 0 Å². The molecule has 4 aliphatic rings. The number of aromatic amines is 1. The van der Waals surface area contributed by atoms with Gasteiger partial charge in [-0.2, -0.15) is 0 Å². The molecule has 3 aliphatic heterocycles. The first kappa shape index (κ1) is 19.5. The second-order valence-corrected chi connectivity index (χ2v) is 9.85. The van der Waals surface area contributed by atoms with E-state index >= 15 is 0 Å². The van der Waals surface area contributed by atoms with Crippen molar-refractivity contribution >= 4 is 17.1 Å². The summed E-state index contributed by atoms with van der Waals surface area (Å²) < 4.78 is 5.81. The van der Waals surface area contributed by atoms with E-state index in [1.165, 1.54) is 0 Å². The quantitative estimate of drug-likeness (QED) is 0.632. The third-order valence-corrected chi connectivity index (χ3v) is 7.81. The molecule has 9 nitrogen and oxygen atoms in total. The second-order valence-electron chi connectivity index (χ2n) is 9.85. The van der Waals surface area contributed by atoms with Crippen molar-refractivity contribution in [3.63, 3.8) is 0 Å². The number of fused-ring (bicyclic) bond motifs is 3. The Labute approximate surface area is 191 Å². The number of nitrogens with one attached hydrogen (secondary N) is 2. The summed E-state index contributed by atoms with van der Waals surface area (Å²) in [6, 6.07) is 5.81. The van der Waals surface area contributed by atoms with Crippen molar-refractivity contribution in [3.8, 4) is 0 Å². The zero-order valence-electron chi connectivity index (χ0n) is 18.4. The summed E-state index contributed by atoms with van der Waals surface area (Å²) in [6.07, 6.45) is 8.44. The Balaban J connectivity index is 1.39. The Bertz CT molecular complexity index is 1220. The first-order chi connectivity index (χ1) is 16.2. The van der Waals surface area contributed by atoms with E-state index in [1.807, 2.05) is 29.3 Å². The molecule has 7 rings (SSSR count). The molecular weight excluding hydrogens is 418 g/mol. The summed E-state index contributed by atoms with van der Waals surface area (Å²) in [5.74, 6) is 1.47. The first-order valence-corrected chi connectivity index (χ1v) is 12.0. The fourth-order valence-electron chi connectivity index (χ4n) is 5.97. The molecule has 2 bridgehead atoms. The average molecular weight is 446 g/mol. The molecule has 4 fully saturated rings. The molecule has 3 aromatic rings. The van der Waals surface area contributed by atoms with Crippen LogP contribution >= 0.6 is 0 Å². The van der Waals surface area contributed by atoms with Crippen LogP contribution in [0.4, 0.5) is 0 Å². The van der Waals surface area contributed by atoms with Gasteiger partial charge < -0.3 is 19.9 Å². The number of amides is 1. The number of rotatable bonds is 4. The Kier molecular flexibility index (Phi) is 4.32. The van der Waals surface area contributed by atoms with Crippen LogP contribution in [-0.4, -0.2) is 67.6 Å². The van der Waals surface area contributed by atoms with Gasteiger partial charge in [0.2, 0.25) is 5.91 Å². The highest BCUT2D eigenvalue weighted by atomic mass is 16.5. The maximum atomic E-state index is 14.5. The molecule has 0 radical (unpaired) electrons. The molecule has 1 amide bonds. The van der Waals surface area contributed by atoms with Gasteiger partial charge in [0.25, 0.3) is 0 Å². The van der Waals surface area contributed by atoms with Gasteiger partial charge in [-0.25, -0.2) is 19.9 Å². The predicted molar refractivity (Wildman–Crippen MR) is 119 cm³/mol. The predicted octanol–water partition coefficient (Wildman–Crippen LogP) is 1.99. The third kappa shape index (κ3) is 3.02. The topological polar surface area (TPSA) is 109 Å². The van der Waals surface area contributed by atoms with Crippen LogP contribution in [0.3, 0.4) is 0 Å². The van der Waals surface area contributed by atoms with Gasteiger partial charge in [0.15, 0.2) is 5.65 Å². The van der Waals surface area contributed by atoms with E-state index in [0.717, 1.165) is 55.0 Å². The number of H-pyrrole nitrogens is 1. The number of imidazole rings is 1. The lowest BCUT2D eigenvalue weighted by Crippen LogP contribution is -2.59. The number of likely N-dealkylation sites (tertiary alicyclic amines) is 1. The Morgan fingerprint density at radius 1 is 1.18 bits per heavy atom. The minimum absolute atomic E-state index is 0.129. The number of aromatic nitrogens is 5. The molecule has 1 saturated carbocycles. The molecule has 6 heterocycles. The van der Waals surface area contributed by atoms with Crippen LogP contribution < -0.4 is 5.32 Å². The fraction of sp³-hybridized carbons (Fsp3) is 0.542. The van der Waals surface area contributed by atoms with Crippen LogP contribution in [0.15, 0.2) is 30.7 Å². The van der Waals surface area contributed by atoms with E-state index in [1.54, 1.807) is 6.33 Å². The minimum Gasteiger partial charge on any atom is -0.374 e. The number of carbonyl (C=O) groups excluding carboxylic acids is 1. The zero-order valence-corrected chi connectivity index (χ0v) is 18.4. The molecule has 170 valence electrons. The summed E-state index contributed by atoms with van der Waals surface area (Å²) in [5, 5.41) is 3.66. The highest BCUT2D eigenvalue weighted by Crippen LogP contribution is 2.47. The van der Waals surface area contributed by atoms with E-state index in [0.29, 0.717) is 31.1 Å². The summed E-state index contributed by atoms with van der Waals surface area (Å²) in [5.41, 5.74) is 2.29. The van der Waals surface area contributed by atoms with E-state index in [4.69, 9.17) is 14.7 Å². The maximum Gasteiger partial charge on any atom is 0.237 e. The number of pyridine rings is 1. The fourth-order valence-corrected chi connectivity index (χ4v) is 5.97. The zero-order chi connectivity index (χ0) is 22.0. The van der Waals surface area contributed by atoms with Gasteiger partial charge in [0.1, 0.15) is 11.2 Å². The lowest BCUT2D eigenvalue weighted by Gasteiger charge is -2.46. The summed E-state index contributed by atoms with van der Waals surface area (Å²) in [7, 11) is 0. The maximum absolute atomic E-state index is 14.5. The standard InChI is InChI=1S/C24H27N7O2/c32-23(31-11-16-10-15(31)12-33-16)24(19-5-4-18-22(30-19)28-13-27-18)7-1-8-25-20(24)17-6-9-26-21(29-17)14-2-3-14/h4-6,9,13-16,20,25H,1-3,7-8,10-12H2,(H,27,28,30)/t15-,16?,20+,24?/m1/s1. The normalized spacial score (nSPS) is 31.4. The van der Waals surface area contributed by atoms with Gasteiger partial charge in [0.05, 0.1) is 48.0 Å². The number of hydrogen-bond donors (Lipinski definition) is 2. The Hall–Kier alpha value is -2.91. The number of morpholine rings is 1. The van der Waals surface area contributed by atoms with Crippen molar-refractivity contribution in [2.75, 3.05) is 19.7 Å². The van der Waals surface area contributed by atoms with E-state index in [2.05, 4.69) is 20.3 Å². The molecule has 0 aromatic carbocycles. The van der Waals surface area contributed by atoms with E-state index in [-0.39, 0.29) is 24.1 Å². The van der Waals surface area contributed by atoms with Crippen LogP contribution in [0.1, 0.15) is 61.3 Å². The van der Waals surface area contributed by atoms with Gasteiger partial charge in [-0.15, -0.1) is 0 Å². The lowest BCUT2D eigenvalue weighted by atomic mass is 9.68. The van der Waals surface area contributed by atoms with Crippen LogP contribution in [0.5, 0.6) is 0 Å². The van der Waals surface area contributed by atoms with Crippen molar-refractivity contribution in [1.82, 2.24) is 35.1 Å². The van der Waals surface area contributed by atoms with Gasteiger partial charge in [-0.05, 0) is 56.8 Å². The van der Waals surface area contributed by atoms with Crippen LogP contribution in [0, 0.1) is 0 Å². The molecule has 3 saturated heterocycles. The van der Waals surface area contributed by atoms with E-state index < -0.39 is 5.41 Å². The Morgan fingerprint density at radius 2 is 2.12 bits per heavy atom. The van der Waals surface area contributed by atoms with E-state index in [9.17, 15) is 4.79 Å². The number of ether oxygens (including phenoxy) is 1. The monoisotopic (exact) mass is 445 g/mol. The smallest absolute Gasteiger partial charge is 0.237 e. The molecule has 1 aliphatic carbocycles. The van der Waals surface area contributed by atoms with Gasteiger partial charge in [-0.3, -0.25) is 4.79 Å². The van der Waals surface area contributed by atoms with Crippen molar-refractivity contribution in [3.05, 3.63) is 47.9 Å². The van der Waals surface area contributed by atoms with Crippen molar-refractivity contribution in [2.24, 2.45) is 0 Å². The molecule has 4 atom stereocenters. The first-order valence-electron chi connectivity index (χ1n) is 12.0. The van der Waals surface area contributed by atoms with Crippen LogP contribution in [-0.2, 0) is 14.9 Å². The summed E-state index contributed by atoms with van der Waals surface area (Å²) >= 11 is 0. The molecular formula is C24H27N7O2. The number of hydrogen-bond acceptors (Lipinski definition) is 7. The average Bonchev–Trinajstić information content (AvgIpc) is 3.25. The van der Waals surface area contributed by atoms with Crippen molar-refractivity contribution < 1.29 is 9.53 Å². The third-order valence-electron chi connectivity index (χ3n) is 7.81. The minimum atomic E-state index is -0.856. The molecule has 2 unspecified atom stereocenters. The number of carbonyl (C=O) groups is 1. The largest absolute Gasteiger partial charge is 0.374 e. The Morgan fingerprint density at radius 3 is 2.94 bits per heavy atom. The molecule has 2 N–H and O–H groups in total. The van der Waals surface area contributed by atoms with Crippen molar-refractivity contribution in [2.45, 2.75) is 61.6 Å². The van der Waals surface area contributed by atoms with Crippen LogP contribution in [0.25, 0.3) is 11.2 Å². The molecule has 33 heavy (non-hydrogen) atoms. The summed E-state index contributed by atoms with van der Waals surface area (Å²) in [4.78, 5) is 38.5. The molecule has 3 aromatic heterocycles. The summed E-state index contributed by atoms with van der Waals surface area (Å²) in [6.45, 7) is 2.11. The van der Waals surface area contributed by atoms with Gasteiger partial charge >= 0.3 is 0 Å². The highest BCUT2D eigenvalue weighted by Gasteiger charge is 2.56. The number of piperidine rings is 1. The number of nitrogens with zero attached hydrogens (tertiary/aromatic N) is 5. The second kappa shape index (κ2) is 7.30. The highest BCUT2D eigenvalue weighted by molar-refractivity contribution is 5.90. The lowest BCUT2D eigenvalue weighted by molar-refractivity contribution is -0.145. The van der Waals surface area contributed by atoms with Gasteiger partial charge in [-0.1, -0.05) is 0 Å². The molecule has 9 heteroatoms. The molecule has 0 spiro atoms. The van der Waals surface area contributed by atoms with Gasteiger partial charge in [0, 0.05) is 18.7 Å².